The highest BCUT2D eigenvalue weighted by Crippen LogP contribution is 2.25. The summed E-state index contributed by atoms with van der Waals surface area (Å²) < 4.78 is 15.4. The monoisotopic (exact) mass is 617 g/mol. The summed E-state index contributed by atoms with van der Waals surface area (Å²) in [6, 6.07) is 4.52. The average molecular weight is 618 g/mol. The number of ether oxygens (including phenoxy) is 2. The molecule has 1 N–H and O–H groups in total. The molecule has 1 fully saturated rings. The third-order valence-electron chi connectivity index (χ3n) is 6.23. The molecule has 0 atom stereocenters. The van der Waals surface area contributed by atoms with Gasteiger partial charge in [0.1, 0.15) is 19.3 Å². The Morgan fingerprint density at radius 1 is 1.03 bits per heavy atom. The molecule has 0 unspecified atom stereocenters. The molecule has 3 heterocycles. The number of rotatable bonds is 13. The first-order valence-electron chi connectivity index (χ1n) is 12.7. The van der Waals surface area contributed by atoms with E-state index in [4.69, 9.17) is 14.5 Å². The number of fused-ring (bicyclic) bond motifs is 1. The van der Waals surface area contributed by atoms with E-state index in [1.54, 1.807) is 0 Å². The van der Waals surface area contributed by atoms with Crippen LogP contribution in [0.4, 0.5) is 5.82 Å². The molecule has 2 aromatic rings. The molecule has 0 amide bonds. The van der Waals surface area contributed by atoms with Crippen molar-refractivity contribution in [1.29, 1.82) is 0 Å². The van der Waals surface area contributed by atoms with Gasteiger partial charge in [0.25, 0.3) is 0 Å². The smallest absolute Gasteiger partial charge is 0.171 e. The Kier molecular flexibility index (Phi) is 10.4. The van der Waals surface area contributed by atoms with Crippen molar-refractivity contribution in [3.63, 3.8) is 0 Å². The number of aromatic nitrogens is 3. The molecule has 0 aliphatic carbocycles. The summed E-state index contributed by atoms with van der Waals surface area (Å²) in [5, 5.41) is 8.13. The third-order valence-corrected chi connectivity index (χ3v) is 10.4. The number of nitrogens with zero attached hydrogens (tertiary/aromatic N) is 4. The lowest BCUT2D eigenvalue weighted by molar-refractivity contribution is 0.0942. The lowest BCUT2D eigenvalue weighted by Crippen LogP contribution is -2.33. The minimum Gasteiger partial charge on any atom is -0.361 e. The van der Waals surface area contributed by atoms with Gasteiger partial charge < -0.3 is 19.7 Å². The van der Waals surface area contributed by atoms with Gasteiger partial charge in [0.15, 0.2) is 5.65 Å². The summed E-state index contributed by atoms with van der Waals surface area (Å²) in [6.45, 7) is 19.1. The topological polar surface area (TPSA) is 63.9 Å². The van der Waals surface area contributed by atoms with Crippen molar-refractivity contribution in [2.24, 2.45) is 5.92 Å². The highest BCUT2D eigenvalue weighted by Gasteiger charge is 2.21. The van der Waals surface area contributed by atoms with Crippen LogP contribution >= 0.6 is 22.6 Å². The summed E-state index contributed by atoms with van der Waals surface area (Å²) in [5.41, 5.74) is 2.07. The third kappa shape index (κ3) is 9.16. The molecule has 0 radical (unpaired) electrons. The maximum atomic E-state index is 6.19. The molecule has 10 heteroatoms. The normalized spacial score (nSPS) is 15.9. The maximum absolute atomic E-state index is 6.19. The molecule has 0 aromatic carbocycles. The van der Waals surface area contributed by atoms with Crippen LogP contribution in [0.3, 0.4) is 0 Å². The van der Waals surface area contributed by atoms with Gasteiger partial charge in [0.05, 0.1) is 9.77 Å². The molecule has 1 saturated heterocycles. The van der Waals surface area contributed by atoms with Gasteiger partial charge in [-0.05, 0) is 72.9 Å². The number of anilines is 1. The number of hydrogen-bond acceptors (Lipinski definition) is 6. The molecule has 1 aliphatic rings. The Hall–Kier alpha value is -0.536. The molecule has 3 rings (SSSR count). The zero-order valence-electron chi connectivity index (χ0n) is 22.0. The van der Waals surface area contributed by atoms with Crippen LogP contribution in [-0.2, 0) is 15.9 Å². The van der Waals surface area contributed by atoms with Crippen molar-refractivity contribution in [2.75, 3.05) is 44.7 Å². The number of hydrogen-bond donors (Lipinski definition) is 1. The molecule has 34 heavy (non-hydrogen) atoms. The maximum Gasteiger partial charge on any atom is 0.171 e. The SMILES string of the molecule is C[Si](C)(C)CCOCN(COCC[Si](C)(C)C)c1cc(CC2CCNCC2)nc2c(I)cnn12. The van der Waals surface area contributed by atoms with Crippen molar-refractivity contribution < 1.29 is 9.47 Å². The van der Waals surface area contributed by atoms with Crippen molar-refractivity contribution in [3.8, 4) is 0 Å². The summed E-state index contributed by atoms with van der Waals surface area (Å²) in [7, 11) is -2.28. The Balaban J connectivity index is 1.80. The van der Waals surface area contributed by atoms with Gasteiger partial charge in [-0.2, -0.15) is 9.61 Å². The molecule has 0 saturated carbocycles. The van der Waals surface area contributed by atoms with E-state index in [1.807, 2.05) is 10.7 Å². The van der Waals surface area contributed by atoms with E-state index in [0.29, 0.717) is 19.4 Å². The van der Waals surface area contributed by atoms with Gasteiger partial charge >= 0.3 is 0 Å². The van der Waals surface area contributed by atoms with E-state index in [9.17, 15) is 0 Å². The number of halogens is 1. The second-order valence-corrected chi connectivity index (χ2v) is 24.4. The molecule has 0 spiro atoms. The standard InChI is InChI=1S/C24H44IN5O2Si2/c1-33(2,3)13-11-31-18-29(19-32-12-14-34(4,5)6)23-16-21(15-20-7-9-26-10-8-20)28-24-22(25)17-27-30(23)24/h16-17,20,26H,7-15,18-19H2,1-6H3. The minimum absolute atomic E-state index is 0.500. The van der Waals surface area contributed by atoms with Crippen LogP contribution in [0.1, 0.15) is 18.5 Å². The van der Waals surface area contributed by atoms with Crippen molar-refractivity contribution in [2.45, 2.75) is 70.6 Å². The van der Waals surface area contributed by atoms with Crippen LogP contribution in [0, 0.1) is 9.49 Å². The van der Waals surface area contributed by atoms with Crippen LogP contribution in [-0.4, -0.2) is 70.5 Å². The Labute approximate surface area is 221 Å². The largest absolute Gasteiger partial charge is 0.361 e. The Morgan fingerprint density at radius 2 is 1.62 bits per heavy atom. The van der Waals surface area contributed by atoms with Gasteiger partial charge in [0.2, 0.25) is 0 Å². The highest BCUT2D eigenvalue weighted by molar-refractivity contribution is 14.1. The molecule has 192 valence electrons. The first-order chi connectivity index (χ1) is 16.0. The van der Waals surface area contributed by atoms with Gasteiger partial charge in [-0.3, -0.25) is 0 Å². The van der Waals surface area contributed by atoms with E-state index in [1.165, 1.54) is 12.8 Å². The van der Waals surface area contributed by atoms with Gasteiger partial charge in [-0.25, -0.2) is 4.98 Å². The summed E-state index contributed by atoms with van der Waals surface area (Å²) in [4.78, 5) is 7.20. The summed E-state index contributed by atoms with van der Waals surface area (Å²) >= 11 is 2.34. The lowest BCUT2D eigenvalue weighted by Gasteiger charge is -2.27. The first-order valence-corrected chi connectivity index (χ1v) is 21.2. The minimum atomic E-state index is -1.14. The first kappa shape index (κ1) is 28.0. The summed E-state index contributed by atoms with van der Waals surface area (Å²) in [5.74, 6) is 1.69. The highest BCUT2D eigenvalue weighted by atomic mass is 127. The van der Waals surface area contributed by atoms with Crippen LogP contribution in [0.5, 0.6) is 0 Å². The zero-order chi connectivity index (χ0) is 24.8. The fraction of sp³-hybridized carbons (Fsp3) is 0.750. The molecular weight excluding hydrogens is 573 g/mol. The van der Waals surface area contributed by atoms with E-state index in [0.717, 1.165) is 65.5 Å². The van der Waals surface area contributed by atoms with Gasteiger partial charge in [-0.1, -0.05) is 39.3 Å². The van der Waals surface area contributed by atoms with Gasteiger partial charge in [0, 0.05) is 41.1 Å². The molecular formula is C24H44IN5O2Si2. The predicted molar refractivity (Wildman–Crippen MR) is 155 cm³/mol. The summed E-state index contributed by atoms with van der Waals surface area (Å²) in [6.07, 6.45) is 5.33. The number of nitrogens with one attached hydrogen (secondary N) is 1. The fourth-order valence-electron chi connectivity index (χ4n) is 3.96. The van der Waals surface area contributed by atoms with Crippen molar-refractivity contribution in [3.05, 3.63) is 21.5 Å². The second kappa shape index (κ2) is 12.6. The fourth-order valence-corrected chi connectivity index (χ4v) is 5.94. The van der Waals surface area contributed by atoms with Crippen LogP contribution < -0.4 is 10.2 Å². The Bertz CT molecular complexity index is 885. The van der Waals surface area contributed by atoms with E-state index in [2.05, 4.69) is 83.3 Å². The van der Waals surface area contributed by atoms with Crippen LogP contribution in [0.15, 0.2) is 12.3 Å². The molecule has 1 aliphatic heterocycles. The molecule has 0 bridgehead atoms. The van der Waals surface area contributed by atoms with Gasteiger partial charge in [-0.15, -0.1) is 0 Å². The number of piperidine rings is 1. The quantitative estimate of drug-likeness (QED) is 0.142. The molecule has 2 aromatic heterocycles. The van der Waals surface area contributed by atoms with Crippen LogP contribution in [0.25, 0.3) is 5.65 Å². The van der Waals surface area contributed by atoms with Crippen molar-refractivity contribution in [1.82, 2.24) is 19.9 Å². The average Bonchev–Trinajstić information content (AvgIpc) is 3.12. The van der Waals surface area contributed by atoms with E-state index < -0.39 is 16.1 Å². The zero-order valence-corrected chi connectivity index (χ0v) is 26.2. The second-order valence-electron chi connectivity index (χ2n) is 12.0. The van der Waals surface area contributed by atoms with E-state index >= 15 is 0 Å². The van der Waals surface area contributed by atoms with Crippen molar-refractivity contribution >= 4 is 50.2 Å². The Morgan fingerprint density at radius 3 is 2.18 bits per heavy atom. The van der Waals surface area contributed by atoms with Crippen LogP contribution in [0.2, 0.25) is 51.4 Å². The molecule has 7 nitrogen and oxygen atoms in total. The lowest BCUT2D eigenvalue weighted by atomic mass is 9.93. The predicted octanol–water partition coefficient (Wildman–Crippen LogP) is 5.31. The van der Waals surface area contributed by atoms with E-state index in [-0.39, 0.29) is 0 Å².